The largest absolute Gasteiger partial charge is 0.462 e. The van der Waals surface area contributed by atoms with Crippen LogP contribution in [0.3, 0.4) is 0 Å². The molecule has 0 aliphatic carbocycles. The maximum Gasteiger partial charge on any atom is 0.328 e. The Morgan fingerprint density at radius 1 is 0.788 bits per heavy atom. The Kier molecular flexibility index (Phi) is 12.6. The van der Waals surface area contributed by atoms with Gasteiger partial charge >= 0.3 is 5.97 Å². The Balaban J connectivity index is 2.04. The van der Waals surface area contributed by atoms with E-state index >= 15 is 0 Å². The van der Waals surface area contributed by atoms with Gasteiger partial charge in [-0.05, 0) is 30.7 Å². The van der Waals surface area contributed by atoms with Crippen LogP contribution in [0.4, 0.5) is 0 Å². The number of nitrogens with one attached hydrogen (secondary N) is 2. The molecular formula is C27H42N2O4. The average molecular weight is 459 g/mol. The zero-order chi connectivity index (χ0) is 23.9. The summed E-state index contributed by atoms with van der Waals surface area (Å²) in [6.45, 7) is 3.88. The zero-order valence-electron chi connectivity index (χ0n) is 20.4. The molecule has 0 aromatic heterocycles. The van der Waals surface area contributed by atoms with Gasteiger partial charge in [0, 0.05) is 12.8 Å². The lowest BCUT2D eigenvalue weighted by Gasteiger charge is -2.24. The van der Waals surface area contributed by atoms with Crippen LogP contribution in [0.2, 0.25) is 0 Å². The highest BCUT2D eigenvalue weighted by atomic mass is 16.5. The molecule has 1 aromatic carbocycles. The molecule has 2 amide bonds. The average Bonchev–Trinajstić information content (AvgIpc) is 2.79. The highest BCUT2D eigenvalue weighted by Gasteiger charge is 2.26. The first-order valence-electron chi connectivity index (χ1n) is 12.7. The van der Waals surface area contributed by atoms with E-state index in [9.17, 15) is 14.4 Å². The Hall–Kier alpha value is -2.37. The van der Waals surface area contributed by atoms with Crippen molar-refractivity contribution in [2.45, 2.75) is 103 Å². The third kappa shape index (κ3) is 11.4. The molecular weight excluding hydrogens is 416 g/mol. The van der Waals surface area contributed by atoms with Gasteiger partial charge in [-0.1, -0.05) is 89.1 Å². The van der Waals surface area contributed by atoms with Gasteiger partial charge in [0.05, 0.1) is 6.04 Å². The number of ether oxygens (including phenoxy) is 1. The van der Waals surface area contributed by atoms with Gasteiger partial charge in [-0.15, -0.1) is 0 Å². The molecule has 1 aromatic rings. The molecule has 2 N–H and O–H groups in total. The van der Waals surface area contributed by atoms with Crippen LogP contribution in [0.5, 0.6) is 0 Å². The topological polar surface area (TPSA) is 84.5 Å². The zero-order valence-corrected chi connectivity index (χ0v) is 20.4. The molecule has 0 radical (unpaired) electrons. The van der Waals surface area contributed by atoms with E-state index in [2.05, 4.69) is 10.6 Å². The lowest BCUT2D eigenvalue weighted by Crippen LogP contribution is -2.47. The van der Waals surface area contributed by atoms with Crippen LogP contribution in [-0.4, -0.2) is 36.5 Å². The number of hydrogen-bond acceptors (Lipinski definition) is 4. The molecule has 6 nitrogen and oxygen atoms in total. The molecule has 0 unspecified atom stereocenters. The molecule has 0 saturated carbocycles. The van der Waals surface area contributed by atoms with Gasteiger partial charge in [0.15, 0.2) is 0 Å². The second-order valence-electron chi connectivity index (χ2n) is 9.56. The molecule has 2 rings (SSSR count). The van der Waals surface area contributed by atoms with Crippen molar-refractivity contribution >= 4 is 17.8 Å². The van der Waals surface area contributed by atoms with Crippen LogP contribution < -0.4 is 10.6 Å². The molecule has 1 saturated heterocycles. The number of hydrogen-bond donors (Lipinski definition) is 2. The first-order valence-corrected chi connectivity index (χ1v) is 12.7. The minimum Gasteiger partial charge on any atom is -0.462 e. The number of carbonyl (C=O) groups excluding carboxylic acids is 3. The quantitative estimate of drug-likeness (QED) is 0.643. The molecule has 1 heterocycles. The summed E-state index contributed by atoms with van der Waals surface area (Å²) in [5.41, 5.74) is 1.07. The highest BCUT2D eigenvalue weighted by molar-refractivity contribution is 5.84. The predicted octanol–water partition coefficient (Wildman–Crippen LogP) is 4.70. The molecule has 1 fully saturated rings. The van der Waals surface area contributed by atoms with E-state index in [-0.39, 0.29) is 30.4 Å². The molecule has 0 bridgehead atoms. The summed E-state index contributed by atoms with van der Waals surface area (Å²) in [7, 11) is 0. The van der Waals surface area contributed by atoms with E-state index in [0.717, 1.165) is 44.1 Å². The maximum absolute atomic E-state index is 12.8. The SMILES string of the molecule is CC(C)[C@@H]1NC(=O)CCCCCCCCCCCC(=O)N[C@H](Cc2ccccc2)COC1=O. The van der Waals surface area contributed by atoms with Crippen molar-refractivity contribution in [1.82, 2.24) is 10.6 Å². The van der Waals surface area contributed by atoms with Gasteiger partial charge in [0.1, 0.15) is 12.6 Å². The van der Waals surface area contributed by atoms with Crippen LogP contribution in [0.25, 0.3) is 0 Å². The lowest BCUT2D eigenvalue weighted by atomic mass is 10.0. The van der Waals surface area contributed by atoms with E-state index in [4.69, 9.17) is 4.74 Å². The summed E-state index contributed by atoms with van der Waals surface area (Å²) in [6.07, 6.45) is 11.2. The molecule has 2 atom stereocenters. The lowest BCUT2D eigenvalue weighted by molar-refractivity contribution is -0.150. The van der Waals surface area contributed by atoms with Crippen LogP contribution in [0.15, 0.2) is 30.3 Å². The summed E-state index contributed by atoms with van der Waals surface area (Å²) in [4.78, 5) is 37.7. The Bertz CT molecular complexity index is 720. The van der Waals surface area contributed by atoms with Crippen LogP contribution >= 0.6 is 0 Å². The van der Waals surface area contributed by atoms with Crippen molar-refractivity contribution in [3.05, 3.63) is 35.9 Å². The molecule has 6 heteroatoms. The van der Waals surface area contributed by atoms with Crippen molar-refractivity contribution in [1.29, 1.82) is 0 Å². The highest BCUT2D eigenvalue weighted by Crippen LogP contribution is 2.13. The fourth-order valence-corrected chi connectivity index (χ4v) is 4.17. The van der Waals surface area contributed by atoms with E-state index in [1.54, 1.807) is 0 Å². The summed E-state index contributed by atoms with van der Waals surface area (Å²) in [6, 6.07) is 8.88. The number of carbonyl (C=O) groups is 3. The van der Waals surface area contributed by atoms with Crippen molar-refractivity contribution in [2.75, 3.05) is 6.61 Å². The first-order chi connectivity index (χ1) is 16.0. The van der Waals surface area contributed by atoms with Gasteiger partial charge in [-0.3, -0.25) is 9.59 Å². The molecule has 33 heavy (non-hydrogen) atoms. The van der Waals surface area contributed by atoms with E-state index in [0.29, 0.717) is 19.3 Å². The first kappa shape index (κ1) is 26.9. The van der Waals surface area contributed by atoms with Gasteiger partial charge in [0.2, 0.25) is 11.8 Å². The number of esters is 1. The van der Waals surface area contributed by atoms with Gasteiger partial charge in [-0.2, -0.15) is 0 Å². The maximum atomic E-state index is 12.8. The minimum atomic E-state index is -0.684. The fraction of sp³-hybridized carbons (Fsp3) is 0.667. The Labute approximate surface area is 199 Å². The van der Waals surface area contributed by atoms with Crippen LogP contribution in [-0.2, 0) is 25.5 Å². The fourth-order valence-electron chi connectivity index (χ4n) is 4.17. The Morgan fingerprint density at radius 3 is 1.85 bits per heavy atom. The van der Waals surface area contributed by atoms with E-state index in [1.165, 1.54) is 19.3 Å². The second-order valence-corrected chi connectivity index (χ2v) is 9.56. The van der Waals surface area contributed by atoms with Gasteiger partial charge in [-0.25, -0.2) is 4.79 Å². The monoisotopic (exact) mass is 458 g/mol. The molecule has 0 spiro atoms. The van der Waals surface area contributed by atoms with E-state index in [1.807, 2.05) is 44.2 Å². The van der Waals surface area contributed by atoms with Crippen molar-refractivity contribution < 1.29 is 19.1 Å². The third-order valence-corrected chi connectivity index (χ3v) is 6.16. The molecule has 1 aliphatic rings. The number of cyclic esters (lactones) is 1. The van der Waals surface area contributed by atoms with E-state index < -0.39 is 12.0 Å². The molecule has 184 valence electrons. The summed E-state index contributed by atoms with van der Waals surface area (Å²) < 4.78 is 5.61. The summed E-state index contributed by atoms with van der Waals surface area (Å²) in [5, 5.41) is 5.92. The Morgan fingerprint density at radius 2 is 1.30 bits per heavy atom. The number of amides is 2. The van der Waals surface area contributed by atoms with Gasteiger partial charge in [0.25, 0.3) is 0 Å². The summed E-state index contributed by atoms with van der Waals surface area (Å²) >= 11 is 0. The van der Waals surface area contributed by atoms with Gasteiger partial charge < -0.3 is 15.4 Å². The molecule has 1 aliphatic heterocycles. The van der Waals surface area contributed by atoms with Crippen molar-refractivity contribution in [2.24, 2.45) is 5.92 Å². The third-order valence-electron chi connectivity index (χ3n) is 6.16. The van der Waals surface area contributed by atoms with Crippen molar-refractivity contribution in [3.63, 3.8) is 0 Å². The second kappa shape index (κ2) is 15.5. The predicted molar refractivity (Wildman–Crippen MR) is 131 cm³/mol. The summed E-state index contributed by atoms with van der Waals surface area (Å²) in [5.74, 6) is -0.633. The number of benzene rings is 1. The van der Waals surface area contributed by atoms with Crippen LogP contribution in [0, 0.1) is 5.92 Å². The normalized spacial score (nSPS) is 23.3. The smallest absolute Gasteiger partial charge is 0.328 e. The number of rotatable bonds is 3. The minimum absolute atomic E-state index is 0.00454. The standard InChI is InChI=1S/C27H42N2O4/c1-21(2)26-27(32)33-20-23(19-22-15-11-10-12-16-22)28-24(30)17-13-8-6-4-3-5-7-9-14-18-25(31)29-26/h10-12,15-16,21,23,26H,3-9,13-14,17-20H2,1-2H3,(H,28,30)(H,29,31)/t23-,26+/m1/s1. The van der Waals surface area contributed by atoms with Crippen LogP contribution in [0.1, 0.15) is 90.0 Å². The van der Waals surface area contributed by atoms with Crippen molar-refractivity contribution in [3.8, 4) is 0 Å².